The van der Waals surface area contributed by atoms with Crippen molar-refractivity contribution in [3.63, 3.8) is 0 Å². The fourth-order valence-corrected chi connectivity index (χ4v) is 4.19. The fourth-order valence-electron chi connectivity index (χ4n) is 2.71. The van der Waals surface area contributed by atoms with Crippen molar-refractivity contribution >= 4 is 63.5 Å². The van der Waals surface area contributed by atoms with E-state index in [1.165, 1.54) is 16.7 Å². The van der Waals surface area contributed by atoms with E-state index in [0.717, 1.165) is 5.56 Å². The molecule has 1 saturated heterocycles. The van der Waals surface area contributed by atoms with E-state index >= 15 is 0 Å². The number of anilines is 1. The quantitative estimate of drug-likeness (QED) is 0.436. The van der Waals surface area contributed by atoms with E-state index in [9.17, 15) is 9.59 Å². The number of hydrogen-bond acceptors (Lipinski definition) is 6. The maximum Gasteiger partial charge on any atom is 0.306 e. The molecule has 1 N–H and O–H groups in total. The van der Waals surface area contributed by atoms with Crippen LogP contribution in [0.1, 0.15) is 18.9 Å². The van der Waals surface area contributed by atoms with Gasteiger partial charge in [0.05, 0.1) is 30.2 Å². The van der Waals surface area contributed by atoms with Crippen LogP contribution in [0.15, 0.2) is 47.4 Å². The molecule has 2 aromatic carbocycles. The van der Waals surface area contributed by atoms with Gasteiger partial charge in [-0.15, -0.1) is 0 Å². The van der Waals surface area contributed by atoms with Gasteiger partial charge in [-0.3, -0.25) is 14.5 Å². The van der Waals surface area contributed by atoms with Crippen LogP contribution in [0.4, 0.5) is 5.69 Å². The Balaban J connectivity index is 1.83. The summed E-state index contributed by atoms with van der Waals surface area (Å²) in [5.74, 6) is -0.248. The molecular formula is C21H18ClNO5S2. The Labute approximate surface area is 188 Å². The number of nitrogens with zero attached hydrogens (tertiary/aromatic N) is 1. The summed E-state index contributed by atoms with van der Waals surface area (Å²) >= 11 is 12.6. The number of thiocarbonyl (C=S) groups is 1. The minimum absolute atomic E-state index is 0.0348. The summed E-state index contributed by atoms with van der Waals surface area (Å²) < 4.78 is 11.5. The highest BCUT2D eigenvalue weighted by molar-refractivity contribution is 8.27. The van der Waals surface area contributed by atoms with E-state index in [4.69, 9.17) is 38.4 Å². The van der Waals surface area contributed by atoms with Gasteiger partial charge in [-0.25, -0.2) is 0 Å². The molecule has 0 aliphatic carbocycles. The molecule has 0 aromatic heterocycles. The van der Waals surface area contributed by atoms with E-state index < -0.39 is 5.97 Å². The summed E-state index contributed by atoms with van der Waals surface area (Å²) in [5.41, 5.74) is 1.35. The number of rotatable bonds is 8. The van der Waals surface area contributed by atoms with Crippen molar-refractivity contribution in [1.29, 1.82) is 0 Å². The van der Waals surface area contributed by atoms with Gasteiger partial charge >= 0.3 is 5.97 Å². The third-order valence-electron chi connectivity index (χ3n) is 4.00. The molecule has 1 aliphatic heterocycles. The number of halogens is 1. The molecule has 0 bridgehead atoms. The van der Waals surface area contributed by atoms with Gasteiger partial charge in [-0.2, -0.15) is 0 Å². The van der Waals surface area contributed by atoms with Crippen LogP contribution in [-0.2, 0) is 9.59 Å². The normalized spacial score (nSPS) is 15.0. The Kier molecular flexibility index (Phi) is 7.36. The Bertz CT molecular complexity index is 1020. The van der Waals surface area contributed by atoms with Crippen LogP contribution >= 0.6 is 35.6 Å². The predicted molar refractivity (Wildman–Crippen MR) is 122 cm³/mol. The van der Waals surface area contributed by atoms with Gasteiger partial charge in [0.1, 0.15) is 0 Å². The Morgan fingerprint density at radius 1 is 1.23 bits per heavy atom. The average Bonchev–Trinajstić information content (AvgIpc) is 2.96. The Morgan fingerprint density at radius 2 is 2.03 bits per heavy atom. The summed E-state index contributed by atoms with van der Waals surface area (Å²) in [6.45, 7) is 2.28. The van der Waals surface area contributed by atoms with Crippen molar-refractivity contribution in [2.45, 2.75) is 13.3 Å². The first-order valence-electron chi connectivity index (χ1n) is 9.04. The molecule has 0 atom stereocenters. The zero-order valence-corrected chi connectivity index (χ0v) is 18.4. The first kappa shape index (κ1) is 22.1. The molecule has 156 valence electrons. The maximum absolute atomic E-state index is 12.9. The number of carboxylic acids is 1. The molecule has 1 aliphatic rings. The van der Waals surface area contributed by atoms with Crippen molar-refractivity contribution in [2.24, 2.45) is 0 Å². The highest BCUT2D eigenvalue weighted by Gasteiger charge is 2.33. The van der Waals surface area contributed by atoms with Gasteiger partial charge in [0.2, 0.25) is 0 Å². The Hall–Kier alpha value is -2.55. The number of ether oxygens (including phenoxy) is 2. The molecule has 2 aromatic rings. The second-order valence-corrected chi connectivity index (χ2v) is 8.24. The van der Waals surface area contributed by atoms with Crippen LogP contribution in [0.5, 0.6) is 11.5 Å². The first-order chi connectivity index (χ1) is 14.4. The van der Waals surface area contributed by atoms with Crippen molar-refractivity contribution in [2.75, 3.05) is 18.1 Å². The van der Waals surface area contributed by atoms with Crippen molar-refractivity contribution in [3.8, 4) is 11.5 Å². The second-order valence-electron chi connectivity index (χ2n) is 6.13. The fraction of sp³-hybridized carbons (Fsp3) is 0.190. The predicted octanol–water partition coefficient (Wildman–Crippen LogP) is 5.00. The summed E-state index contributed by atoms with van der Waals surface area (Å²) in [6, 6.07) is 12.2. The lowest BCUT2D eigenvalue weighted by Gasteiger charge is -2.14. The number of carboxylic acid groups (broad SMARTS) is 1. The molecule has 0 radical (unpaired) electrons. The van der Waals surface area contributed by atoms with E-state index in [0.29, 0.717) is 38.0 Å². The van der Waals surface area contributed by atoms with Gasteiger partial charge in [0, 0.05) is 5.02 Å². The summed E-state index contributed by atoms with van der Waals surface area (Å²) in [5, 5.41) is 9.28. The molecule has 0 spiro atoms. The van der Waals surface area contributed by atoms with Crippen LogP contribution in [0.2, 0.25) is 5.02 Å². The van der Waals surface area contributed by atoms with Crippen LogP contribution in [0.3, 0.4) is 0 Å². The number of carbonyl (C=O) groups excluding carboxylic acids is 1. The third kappa shape index (κ3) is 5.33. The third-order valence-corrected chi connectivity index (χ3v) is 5.54. The van der Waals surface area contributed by atoms with E-state index in [1.54, 1.807) is 48.5 Å². The molecule has 1 amide bonds. The molecule has 3 rings (SSSR count). The summed E-state index contributed by atoms with van der Waals surface area (Å²) in [4.78, 5) is 25.5. The van der Waals surface area contributed by atoms with Crippen LogP contribution in [-0.4, -0.2) is 34.5 Å². The van der Waals surface area contributed by atoms with Crippen molar-refractivity contribution in [3.05, 3.63) is 58.0 Å². The zero-order valence-electron chi connectivity index (χ0n) is 16.0. The summed E-state index contributed by atoms with van der Waals surface area (Å²) in [7, 11) is 0. The highest BCUT2D eigenvalue weighted by atomic mass is 35.5. The van der Waals surface area contributed by atoms with Crippen LogP contribution < -0.4 is 14.4 Å². The smallest absolute Gasteiger partial charge is 0.306 e. The lowest BCUT2D eigenvalue weighted by molar-refractivity contribution is -0.137. The standard InChI is InChI=1S/C21H18ClNO5S2/c1-2-27-17-10-13(6-7-16(17)28-9-8-19(24)25)11-18-20(26)23(21(29)30-18)15-5-3-4-14(22)12-15/h3-7,10-12H,2,8-9H2,1H3,(H,24,25)/b18-11+. The minimum Gasteiger partial charge on any atom is -0.490 e. The van der Waals surface area contributed by atoms with Gasteiger partial charge in [-0.1, -0.05) is 47.7 Å². The van der Waals surface area contributed by atoms with Crippen LogP contribution in [0, 0.1) is 0 Å². The Morgan fingerprint density at radius 3 is 2.73 bits per heavy atom. The number of benzene rings is 2. The largest absolute Gasteiger partial charge is 0.490 e. The molecule has 1 fully saturated rings. The maximum atomic E-state index is 12.9. The lowest BCUT2D eigenvalue weighted by atomic mass is 10.1. The van der Waals surface area contributed by atoms with Gasteiger partial charge < -0.3 is 14.6 Å². The minimum atomic E-state index is -0.939. The molecule has 30 heavy (non-hydrogen) atoms. The molecule has 9 heteroatoms. The topological polar surface area (TPSA) is 76.1 Å². The van der Waals surface area contributed by atoms with Gasteiger partial charge in [-0.05, 0) is 48.9 Å². The first-order valence-corrected chi connectivity index (χ1v) is 10.6. The SMILES string of the molecule is CCOc1cc(/C=C2/SC(=S)N(c3cccc(Cl)c3)C2=O)ccc1OCCC(=O)O. The van der Waals surface area contributed by atoms with Crippen molar-refractivity contribution in [1.82, 2.24) is 0 Å². The number of carbonyl (C=O) groups is 2. The van der Waals surface area contributed by atoms with Gasteiger partial charge in [0.25, 0.3) is 5.91 Å². The molecule has 0 unspecified atom stereocenters. The number of aliphatic carboxylic acids is 1. The lowest BCUT2D eigenvalue weighted by Crippen LogP contribution is -2.27. The molecular weight excluding hydrogens is 446 g/mol. The van der Waals surface area contributed by atoms with E-state index in [-0.39, 0.29) is 18.9 Å². The summed E-state index contributed by atoms with van der Waals surface area (Å²) in [6.07, 6.45) is 1.62. The number of hydrogen-bond donors (Lipinski definition) is 1. The zero-order chi connectivity index (χ0) is 21.7. The average molecular weight is 464 g/mol. The molecule has 6 nitrogen and oxygen atoms in total. The number of amides is 1. The van der Waals surface area contributed by atoms with Crippen molar-refractivity contribution < 1.29 is 24.2 Å². The monoisotopic (exact) mass is 463 g/mol. The van der Waals surface area contributed by atoms with E-state index in [1.807, 2.05) is 6.92 Å². The van der Waals surface area contributed by atoms with Crippen LogP contribution in [0.25, 0.3) is 6.08 Å². The number of thioether (sulfide) groups is 1. The second kappa shape index (κ2) is 9.97. The van der Waals surface area contributed by atoms with E-state index in [2.05, 4.69) is 0 Å². The molecule has 1 heterocycles. The highest BCUT2D eigenvalue weighted by Crippen LogP contribution is 2.37. The van der Waals surface area contributed by atoms with Gasteiger partial charge in [0.15, 0.2) is 15.8 Å². The molecule has 0 saturated carbocycles.